The molecule has 1 aromatic rings. The molecule has 2 atom stereocenters. The second-order valence-electron chi connectivity index (χ2n) is 7.49. The summed E-state index contributed by atoms with van der Waals surface area (Å²) in [5.74, 6) is 0.849. The van der Waals surface area contributed by atoms with Crippen LogP contribution in [0, 0.1) is 11.3 Å². The summed E-state index contributed by atoms with van der Waals surface area (Å²) < 4.78 is 0. The van der Waals surface area contributed by atoms with Crippen LogP contribution in [0.2, 0.25) is 0 Å². The van der Waals surface area contributed by atoms with Crippen LogP contribution in [0.25, 0.3) is 0 Å². The molecule has 1 heterocycles. The Hall–Kier alpha value is -0.860. The van der Waals surface area contributed by atoms with Gasteiger partial charge in [0.2, 0.25) is 0 Å². The molecule has 3 rings (SSSR count). The van der Waals surface area contributed by atoms with Gasteiger partial charge in [-0.25, -0.2) is 0 Å². The fourth-order valence-electron chi connectivity index (χ4n) is 4.54. The van der Waals surface area contributed by atoms with Gasteiger partial charge in [0.15, 0.2) is 0 Å². The van der Waals surface area contributed by atoms with Crippen molar-refractivity contribution in [2.24, 2.45) is 17.1 Å². The third-order valence-electron chi connectivity index (χ3n) is 5.61. The van der Waals surface area contributed by atoms with Gasteiger partial charge in [0.1, 0.15) is 0 Å². The third-order valence-corrected chi connectivity index (χ3v) is 5.61. The van der Waals surface area contributed by atoms with E-state index in [-0.39, 0.29) is 0 Å². The highest BCUT2D eigenvalue weighted by atomic mass is 15.1. The molecule has 1 aromatic carbocycles. The highest BCUT2D eigenvalue weighted by Gasteiger charge is 2.35. The molecule has 2 nitrogen and oxygen atoms in total. The van der Waals surface area contributed by atoms with Gasteiger partial charge in [0, 0.05) is 13.1 Å². The van der Waals surface area contributed by atoms with Gasteiger partial charge in [-0.2, -0.15) is 0 Å². The highest BCUT2D eigenvalue weighted by Crippen LogP contribution is 2.39. The molecule has 0 aromatic heterocycles. The molecule has 1 fully saturated rings. The number of benzene rings is 1. The van der Waals surface area contributed by atoms with Gasteiger partial charge < -0.3 is 5.73 Å². The monoisotopic (exact) mass is 286 g/mol. The summed E-state index contributed by atoms with van der Waals surface area (Å²) in [6.07, 6.45) is 7.92. The standard InChI is InChI=1S/C19H30N2/c1-16-6-4-10-19(12-16,14-20)15-21-11-5-9-17-7-2-3-8-18(17)13-21/h2-3,7-8,16H,4-6,9-15,20H2,1H3. The Morgan fingerprint density at radius 3 is 2.81 bits per heavy atom. The Morgan fingerprint density at radius 1 is 1.24 bits per heavy atom. The number of aryl methyl sites for hydroxylation is 1. The van der Waals surface area contributed by atoms with E-state index in [0.717, 1.165) is 19.0 Å². The molecule has 0 saturated heterocycles. The van der Waals surface area contributed by atoms with Crippen LogP contribution in [-0.2, 0) is 13.0 Å². The van der Waals surface area contributed by atoms with E-state index in [9.17, 15) is 0 Å². The van der Waals surface area contributed by atoms with E-state index in [1.807, 2.05) is 0 Å². The zero-order valence-corrected chi connectivity index (χ0v) is 13.5. The molecule has 2 heteroatoms. The first-order valence-electron chi connectivity index (χ1n) is 8.70. The van der Waals surface area contributed by atoms with Crippen molar-refractivity contribution in [2.45, 2.75) is 52.0 Å². The average molecular weight is 286 g/mol. The van der Waals surface area contributed by atoms with Crippen LogP contribution in [0.1, 0.15) is 50.2 Å². The van der Waals surface area contributed by atoms with Crippen LogP contribution in [0.4, 0.5) is 0 Å². The van der Waals surface area contributed by atoms with Gasteiger partial charge in [-0.15, -0.1) is 0 Å². The van der Waals surface area contributed by atoms with E-state index in [0.29, 0.717) is 5.41 Å². The lowest BCUT2D eigenvalue weighted by atomic mass is 9.69. The molecule has 0 radical (unpaired) electrons. The summed E-state index contributed by atoms with van der Waals surface area (Å²) >= 11 is 0. The molecule has 1 aliphatic carbocycles. The Morgan fingerprint density at radius 2 is 2.05 bits per heavy atom. The third kappa shape index (κ3) is 3.49. The number of hydrogen-bond acceptors (Lipinski definition) is 2. The molecule has 2 N–H and O–H groups in total. The van der Waals surface area contributed by atoms with Crippen molar-refractivity contribution >= 4 is 0 Å². The van der Waals surface area contributed by atoms with Crippen LogP contribution in [0.5, 0.6) is 0 Å². The van der Waals surface area contributed by atoms with Gasteiger partial charge in [0.05, 0.1) is 0 Å². The van der Waals surface area contributed by atoms with E-state index >= 15 is 0 Å². The van der Waals surface area contributed by atoms with Crippen LogP contribution in [0.3, 0.4) is 0 Å². The first kappa shape index (κ1) is 15.1. The van der Waals surface area contributed by atoms with Crippen LogP contribution in [-0.4, -0.2) is 24.5 Å². The summed E-state index contributed by atoms with van der Waals surface area (Å²) in [7, 11) is 0. The van der Waals surface area contributed by atoms with E-state index in [4.69, 9.17) is 5.73 Å². The van der Waals surface area contributed by atoms with Crippen molar-refractivity contribution in [2.75, 3.05) is 19.6 Å². The van der Waals surface area contributed by atoms with Gasteiger partial charge in [-0.05, 0) is 61.2 Å². The predicted molar refractivity (Wildman–Crippen MR) is 89.2 cm³/mol. The quantitative estimate of drug-likeness (QED) is 0.920. The fraction of sp³-hybridized carbons (Fsp3) is 0.684. The molecule has 2 unspecified atom stereocenters. The molecule has 116 valence electrons. The Kier molecular flexibility index (Phi) is 4.66. The summed E-state index contributed by atoms with van der Waals surface area (Å²) in [6, 6.07) is 8.98. The summed E-state index contributed by atoms with van der Waals surface area (Å²) in [5.41, 5.74) is 9.68. The molecule has 1 aliphatic heterocycles. The first-order valence-corrected chi connectivity index (χ1v) is 8.70. The molecule has 0 amide bonds. The van der Waals surface area contributed by atoms with Crippen molar-refractivity contribution in [1.82, 2.24) is 4.90 Å². The van der Waals surface area contributed by atoms with E-state index < -0.39 is 0 Å². The van der Waals surface area contributed by atoms with Crippen LogP contribution in [0.15, 0.2) is 24.3 Å². The van der Waals surface area contributed by atoms with Gasteiger partial charge >= 0.3 is 0 Å². The Bertz CT molecular complexity index is 470. The van der Waals surface area contributed by atoms with Crippen LogP contribution >= 0.6 is 0 Å². The molecule has 1 saturated carbocycles. The topological polar surface area (TPSA) is 29.3 Å². The first-order chi connectivity index (χ1) is 10.2. The molecule has 0 spiro atoms. The minimum atomic E-state index is 0.372. The van der Waals surface area contributed by atoms with Crippen molar-refractivity contribution in [1.29, 1.82) is 0 Å². The second-order valence-corrected chi connectivity index (χ2v) is 7.49. The fourth-order valence-corrected chi connectivity index (χ4v) is 4.54. The lowest BCUT2D eigenvalue weighted by Gasteiger charge is -2.42. The van der Waals surface area contributed by atoms with Gasteiger partial charge in [0.25, 0.3) is 0 Å². The highest BCUT2D eigenvalue weighted by molar-refractivity contribution is 5.28. The van der Waals surface area contributed by atoms with E-state index in [1.165, 1.54) is 57.2 Å². The number of fused-ring (bicyclic) bond motifs is 1. The van der Waals surface area contributed by atoms with Crippen LogP contribution < -0.4 is 5.73 Å². The maximum atomic E-state index is 6.22. The molecule has 2 aliphatic rings. The van der Waals surface area contributed by atoms with Crippen molar-refractivity contribution in [3.8, 4) is 0 Å². The lowest BCUT2D eigenvalue weighted by molar-refractivity contribution is 0.0851. The average Bonchev–Trinajstić information content (AvgIpc) is 2.68. The van der Waals surface area contributed by atoms with E-state index in [2.05, 4.69) is 36.1 Å². The number of rotatable bonds is 3. The number of hydrogen-bond donors (Lipinski definition) is 1. The number of nitrogens with zero attached hydrogens (tertiary/aromatic N) is 1. The van der Waals surface area contributed by atoms with Crippen molar-refractivity contribution in [3.63, 3.8) is 0 Å². The lowest BCUT2D eigenvalue weighted by Crippen LogP contribution is -2.45. The summed E-state index contributed by atoms with van der Waals surface area (Å²) in [6.45, 7) is 6.80. The maximum absolute atomic E-state index is 6.22. The maximum Gasteiger partial charge on any atom is 0.0236 e. The minimum absolute atomic E-state index is 0.372. The minimum Gasteiger partial charge on any atom is -0.330 e. The zero-order valence-electron chi connectivity index (χ0n) is 13.5. The Labute approximate surface area is 129 Å². The smallest absolute Gasteiger partial charge is 0.0236 e. The molecule has 0 bridgehead atoms. The molecular formula is C19H30N2. The molecular weight excluding hydrogens is 256 g/mol. The number of nitrogens with two attached hydrogens (primary N) is 1. The van der Waals surface area contributed by atoms with Gasteiger partial charge in [-0.1, -0.05) is 44.0 Å². The van der Waals surface area contributed by atoms with E-state index in [1.54, 1.807) is 5.56 Å². The summed E-state index contributed by atoms with van der Waals surface area (Å²) in [4.78, 5) is 2.68. The largest absolute Gasteiger partial charge is 0.330 e. The van der Waals surface area contributed by atoms with Crippen molar-refractivity contribution < 1.29 is 0 Å². The second kappa shape index (κ2) is 6.50. The zero-order chi connectivity index (χ0) is 14.7. The molecule has 21 heavy (non-hydrogen) atoms. The predicted octanol–water partition coefficient (Wildman–Crippen LogP) is 3.59. The SMILES string of the molecule is CC1CCCC(CN)(CN2CCCc3ccccc3C2)C1. The summed E-state index contributed by atoms with van der Waals surface area (Å²) in [5, 5.41) is 0. The Balaban J connectivity index is 1.72. The van der Waals surface area contributed by atoms with Gasteiger partial charge in [-0.3, -0.25) is 4.90 Å². The van der Waals surface area contributed by atoms with Crippen molar-refractivity contribution in [3.05, 3.63) is 35.4 Å². The normalized spacial score (nSPS) is 30.7.